The molecule has 0 fully saturated rings. The molecule has 3 atom stereocenters. The van der Waals surface area contributed by atoms with Gasteiger partial charge in [0, 0.05) is 22.9 Å². The van der Waals surface area contributed by atoms with E-state index >= 15 is 0 Å². The van der Waals surface area contributed by atoms with Crippen molar-refractivity contribution >= 4 is 28.2 Å². The van der Waals surface area contributed by atoms with Crippen molar-refractivity contribution in [1.82, 2.24) is 5.16 Å². The molecule has 0 aliphatic heterocycles. The van der Waals surface area contributed by atoms with Crippen molar-refractivity contribution in [3.8, 4) is 22.8 Å². The third-order valence-electron chi connectivity index (χ3n) is 6.61. The summed E-state index contributed by atoms with van der Waals surface area (Å²) in [5, 5.41) is 47.5. The topological polar surface area (TPSA) is 210 Å². The molecule has 34 heavy (non-hydrogen) atoms. The second-order valence-electron chi connectivity index (χ2n) is 8.53. The normalized spacial score (nSPS) is 24.3. The summed E-state index contributed by atoms with van der Waals surface area (Å²) >= 11 is 0. The minimum absolute atomic E-state index is 0.101. The standard InChI is InChI=1S/C23H19N3O8/c1-7-4-13(34-26-7)9-2-3-12(27)15-10(9)5-8-6-11-17(24)19(29)16(22(25)32)21(31)23(11,33)20(30)14(8)18(15)28/h2-5,11,17,27-28,31,33H,6,24H2,1H3,(H2,25,32)/t11-,17+,23-/m0/s1. The predicted molar refractivity (Wildman–Crippen MR) is 116 cm³/mol. The second kappa shape index (κ2) is 6.89. The lowest BCUT2D eigenvalue weighted by Gasteiger charge is -2.44. The lowest BCUT2D eigenvalue weighted by molar-refractivity contribution is -0.127. The van der Waals surface area contributed by atoms with Gasteiger partial charge in [-0.1, -0.05) is 5.16 Å². The Bertz CT molecular complexity index is 1490. The third-order valence-corrected chi connectivity index (χ3v) is 6.61. The number of benzene rings is 2. The monoisotopic (exact) mass is 465 g/mol. The number of aliphatic hydroxyl groups excluding tert-OH is 1. The number of aromatic nitrogens is 1. The summed E-state index contributed by atoms with van der Waals surface area (Å²) in [5.74, 6) is -6.75. The Kier molecular flexibility index (Phi) is 4.38. The van der Waals surface area contributed by atoms with Crippen LogP contribution >= 0.6 is 0 Å². The summed E-state index contributed by atoms with van der Waals surface area (Å²) in [7, 11) is 0. The molecule has 2 aliphatic rings. The number of carbonyl (C=O) groups excluding carboxylic acids is 3. The van der Waals surface area contributed by atoms with E-state index in [9.17, 15) is 34.8 Å². The maximum atomic E-state index is 13.5. The zero-order valence-electron chi connectivity index (χ0n) is 17.7. The fraction of sp³-hybridized carbons (Fsp3) is 0.217. The van der Waals surface area contributed by atoms with Gasteiger partial charge < -0.3 is 36.4 Å². The highest BCUT2D eigenvalue weighted by atomic mass is 16.5. The highest BCUT2D eigenvalue weighted by Gasteiger charge is 2.60. The number of aryl methyl sites for hydroxylation is 1. The van der Waals surface area contributed by atoms with E-state index in [0.29, 0.717) is 22.4 Å². The fourth-order valence-electron chi connectivity index (χ4n) is 4.96. The molecule has 0 saturated heterocycles. The van der Waals surface area contributed by atoms with Crippen LogP contribution in [0, 0.1) is 12.8 Å². The zero-order valence-corrected chi connectivity index (χ0v) is 17.7. The minimum atomic E-state index is -2.77. The van der Waals surface area contributed by atoms with Gasteiger partial charge in [0.1, 0.15) is 22.8 Å². The number of phenolic OH excluding ortho intramolecular Hbond substituents is 2. The Morgan fingerprint density at radius 2 is 1.91 bits per heavy atom. The molecule has 0 saturated carbocycles. The summed E-state index contributed by atoms with van der Waals surface area (Å²) in [6, 6.07) is 4.48. The number of fused-ring (bicyclic) bond motifs is 3. The Morgan fingerprint density at radius 3 is 2.53 bits per heavy atom. The Labute approximate surface area is 190 Å². The molecular formula is C23H19N3O8. The first-order valence-corrected chi connectivity index (χ1v) is 10.2. The Morgan fingerprint density at radius 1 is 1.21 bits per heavy atom. The van der Waals surface area contributed by atoms with E-state index in [4.69, 9.17) is 16.0 Å². The van der Waals surface area contributed by atoms with Gasteiger partial charge in [-0.2, -0.15) is 0 Å². The highest BCUT2D eigenvalue weighted by Crippen LogP contribution is 2.49. The quantitative estimate of drug-likeness (QED) is 0.289. The minimum Gasteiger partial charge on any atom is -0.508 e. The van der Waals surface area contributed by atoms with E-state index in [0.717, 1.165) is 0 Å². The first-order chi connectivity index (χ1) is 16.0. The molecule has 0 spiro atoms. The summed E-state index contributed by atoms with van der Waals surface area (Å²) in [5.41, 5.74) is 8.31. The predicted octanol–water partition coefficient (Wildman–Crippen LogP) is 0.508. The molecule has 0 unspecified atom stereocenters. The number of carbonyl (C=O) groups is 3. The lowest BCUT2D eigenvalue weighted by atomic mass is 9.62. The molecule has 2 aliphatic carbocycles. The van der Waals surface area contributed by atoms with Crippen LogP contribution < -0.4 is 11.5 Å². The number of hydrogen-bond donors (Lipinski definition) is 6. The van der Waals surface area contributed by atoms with Gasteiger partial charge >= 0.3 is 0 Å². The molecule has 1 aromatic heterocycles. The largest absolute Gasteiger partial charge is 0.508 e. The molecule has 174 valence electrons. The summed E-state index contributed by atoms with van der Waals surface area (Å²) in [6.45, 7) is 1.72. The van der Waals surface area contributed by atoms with E-state index in [2.05, 4.69) is 5.16 Å². The summed E-state index contributed by atoms with van der Waals surface area (Å²) in [6.07, 6.45) is -0.214. The van der Waals surface area contributed by atoms with Crippen LogP contribution in [0.25, 0.3) is 22.1 Å². The molecule has 1 heterocycles. The van der Waals surface area contributed by atoms with Gasteiger partial charge in [-0.25, -0.2) is 0 Å². The van der Waals surface area contributed by atoms with Crippen molar-refractivity contribution in [2.24, 2.45) is 17.4 Å². The second-order valence-corrected chi connectivity index (χ2v) is 8.53. The molecule has 0 bridgehead atoms. The van der Waals surface area contributed by atoms with Gasteiger partial charge in [-0.05, 0) is 37.1 Å². The van der Waals surface area contributed by atoms with E-state index in [-0.39, 0.29) is 28.7 Å². The van der Waals surface area contributed by atoms with Gasteiger partial charge in [0.05, 0.1) is 22.7 Å². The van der Waals surface area contributed by atoms with E-state index in [1.54, 1.807) is 19.1 Å². The van der Waals surface area contributed by atoms with Crippen molar-refractivity contribution in [1.29, 1.82) is 0 Å². The van der Waals surface area contributed by atoms with Crippen LogP contribution in [0.2, 0.25) is 0 Å². The number of hydrogen-bond acceptors (Lipinski definition) is 10. The third kappa shape index (κ3) is 2.59. The lowest BCUT2D eigenvalue weighted by Crippen LogP contribution is -2.64. The van der Waals surface area contributed by atoms with E-state index in [1.807, 2.05) is 0 Å². The molecule has 3 aromatic rings. The molecule has 11 nitrogen and oxygen atoms in total. The Hall–Kier alpha value is -4.22. The average molecular weight is 465 g/mol. The molecule has 2 aromatic carbocycles. The number of aliphatic hydroxyl groups is 2. The average Bonchev–Trinajstić information content (AvgIpc) is 3.20. The van der Waals surface area contributed by atoms with Crippen LogP contribution in [-0.4, -0.2) is 54.7 Å². The maximum Gasteiger partial charge on any atom is 0.255 e. The number of nitrogens with zero attached hydrogens (tertiary/aromatic N) is 1. The number of aromatic hydroxyl groups is 2. The van der Waals surface area contributed by atoms with Crippen LogP contribution in [0.5, 0.6) is 11.5 Å². The van der Waals surface area contributed by atoms with Crippen molar-refractivity contribution in [2.75, 3.05) is 0 Å². The SMILES string of the molecule is Cc1cc(-c2ccc(O)c3c(O)c4c(cc23)C[C@H]2[C@@H](N)C(=O)C(C(N)=O)=C(O)[C@@]2(O)C4=O)on1. The van der Waals surface area contributed by atoms with Gasteiger partial charge in [0.15, 0.2) is 17.1 Å². The van der Waals surface area contributed by atoms with Crippen LogP contribution in [-0.2, 0) is 16.0 Å². The molecule has 0 radical (unpaired) electrons. The van der Waals surface area contributed by atoms with Gasteiger partial charge in [0.25, 0.3) is 5.91 Å². The fourth-order valence-corrected chi connectivity index (χ4v) is 4.96. The first kappa shape index (κ1) is 21.6. The molecule has 11 heteroatoms. The van der Waals surface area contributed by atoms with Crippen molar-refractivity contribution in [2.45, 2.75) is 25.0 Å². The van der Waals surface area contributed by atoms with Crippen LogP contribution in [0.3, 0.4) is 0 Å². The first-order valence-electron chi connectivity index (χ1n) is 10.2. The number of ketones is 2. The highest BCUT2D eigenvalue weighted by molar-refractivity contribution is 6.25. The molecule has 8 N–H and O–H groups in total. The Balaban J connectivity index is 1.82. The summed E-state index contributed by atoms with van der Waals surface area (Å²) < 4.78 is 5.32. The van der Waals surface area contributed by atoms with Gasteiger partial charge in [-0.3, -0.25) is 14.4 Å². The van der Waals surface area contributed by atoms with Crippen LogP contribution in [0.1, 0.15) is 21.6 Å². The van der Waals surface area contributed by atoms with E-state index in [1.165, 1.54) is 12.1 Å². The summed E-state index contributed by atoms with van der Waals surface area (Å²) in [4.78, 5) is 37.9. The number of primary amides is 1. The molecule has 5 rings (SSSR count). The zero-order chi connectivity index (χ0) is 24.7. The maximum absolute atomic E-state index is 13.5. The number of rotatable bonds is 2. The smallest absolute Gasteiger partial charge is 0.255 e. The van der Waals surface area contributed by atoms with Crippen LogP contribution in [0.15, 0.2) is 40.1 Å². The number of amides is 1. The van der Waals surface area contributed by atoms with Crippen molar-refractivity contribution < 1.29 is 39.3 Å². The number of nitrogens with two attached hydrogens (primary N) is 2. The number of phenols is 2. The molecule has 1 amide bonds. The van der Waals surface area contributed by atoms with Gasteiger partial charge in [-0.15, -0.1) is 0 Å². The van der Waals surface area contributed by atoms with Crippen molar-refractivity contribution in [3.63, 3.8) is 0 Å². The van der Waals surface area contributed by atoms with Crippen molar-refractivity contribution in [3.05, 3.63) is 52.4 Å². The molecular weight excluding hydrogens is 446 g/mol. The van der Waals surface area contributed by atoms with Crippen LogP contribution in [0.4, 0.5) is 0 Å². The number of Topliss-reactive ketones (excluding diaryl/α,β-unsaturated/α-hetero) is 2. The van der Waals surface area contributed by atoms with Gasteiger partial charge in [0.2, 0.25) is 5.78 Å². The van der Waals surface area contributed by atoms with E-state index < -0.39 is 52.1 Å².